The van der Waals surface area contributed by atoms with E-state index in [9.17, 15) is 9.90 Å². The highest BCUT2D eigenvalue weighted by atomic mass is 16.3. The number of aromatic amines is 1. The summed E-state index contributed by atoms with van der Waals surface area (Å²) in [4.78, 5) is 17.6. The topological polar surface area (TPSA) is 112 Å². The van der Waals surface area contributed by atoms with Crippen LogP contribution in [0.1, 0.15) is 40.9 Å². The molecule has 3 rings (SSSR count). The summed E-state index contributed by atoms with van der Waals surface area (Å²) >= 11 is 0. The van der Waals surface area contributed by atoms with E-state index in [0.29, 0.717) is 28.4 Å². The van der Waals surface area contributed by atoms with Crippen molar-refractivity contribution < 1.29 is 15.0 Å². The highest BCUT2D eigenvalue weighted by Gasteiger charge is 2.22. The molecule has 1 aromatic carbocycles. The number of carbonyl (C=O) groups is 1. The van der Waals surface area contributed by atoms with Gasteiger partial charge in [-0.2, -0.15) is 5.26 Å². The molecule has 27 heavy (non-hydrogen) atoms. The average Bonchev–Trinajstić information content (AvgIpc) is 3.18. The number of benzene rings is 1. The van der Waals surface area contributed by atoms with Gasteiger partial charge >= 0.3 is 0 Å². The zero-order chi connectivity index (χ0) is 19.2. The molecule has 0 atom stereocenters. The Hall–Kier alpha value is -2.82. The number of piperidine rings is 1. The molecule has 1 aliphatic heterocycles. The van der Waals surface area contributed by atoms with Gasteiger partial charge in [0.1, 0.15) is 11.8 Å². The van der Waals surface area contributed by atoms with Crippen molar-refractivity contribution in [3.63, 3.8) is 0 Å². The molecule has 7 nitrogen and oxygen atoms in total. The Labute approximate surface area is 158 Å². The van der Waals surface area contributed by atoms with Crippen molar-refractivity contribution in [1.82, 2.24) is 4.98 Å². The fraction of sp³-hybridized carbons (Fsp3) is 0.400. The fourth-order valence-corrected chi connectivity index (χ4v) is 3.48. The Bertz CT molecular complexity index is 832. The van der Waals surface area contributed by atoms with Crippen molar-refractivity contribution in [3.05, 3.63) is 47.3 Å². The lowest BCUT2D eigenvalue weighted by Gasteiger charge is -2.34. The van der Waals surface area contributed by atoms with Crippen LogP contribution in [0.15, 0.2) is 30.5 Å². The fourth-order valence-electron chi connectivity index (χ4n) is 3.48. The van der Waals surface area contributed by atoms with Gasteiger partial charge in [0.05, 0.1) is 23.5 Å². The summed E-state index contributed by atoms with van der Waals surface area (Å²) < 4.78 is 0. The Kier molecular flexibility index (Phi) is 6.12. The lowest BCUT2D eigenvalue weighted by molar-refractivity contribution is 0.102. The first-order chi connectivity index (χ1) is 13.1. The predicted octanol–water partition coefficient (Wildman–Crippen LogP) is 2.23. The van der Waals surface area contributed by atoms with Crippen LogP contribution in [-0.2, 0) is 6.61 Å². The molecule has 1 fully saturated rings. The number of hydrogen-bond acceptors (Lipinski definition) is 5. The number of carbonyl (C=O) groups excluding carboxylic acids is 1. The molecule has 0 unspecified atom stereocenters. The third-order valence-corrected chi connectivity index (χ3v) is 5.04. The van der Waals surface area contributed by atoms with Crippen molar-refractivity contribution >= 4 is 17.3 Å². The van der Waals surface area contributed by atoms with Crippen LogP contribution < -0.4 is 10.2 Å². The Balaban J connectivity index is 1.79. The number of anilines is 2. The first kappa shape index (κ1) is 19.0. The Morgan fingerprint density at radius 2 is 2.07 bits per heavy atom. The molecule has 0 saturated carbocycles. The van der Waals surface area contributed by atoms with Gasteiger partial charge in [-0.05, 0) is 48.9 Å². The zero-order valence-electron chi connectivity index (χ0n) is 15.1. The van der Waals surface area contributed by atoms with Crippen LogP contribution in [0, 0.1) is 17.2 Å². The summed E-state index contributed by atoms with van der Waals surface area (Å²) in [5.41, 5.74) is 2.98. The molecule has 2 aromatic rings. The van der Waals surface area contributed by atoms with Crippen LogP contribution in [0.2, 0.25) is 0 Å². The van der Waals surface area contributed by atoms with Crippen LogP contribution in [0.3, 0.4) is 0 Å². The average molecular weight is 368 g/mol. The summed E-state index contributed by atoms with van der Waals surface area (Å²) in [6, 6.07) is 9.05. The van der Waals surface area contributed by atoms with Crippen LogP contribution in [-0.4, -0.2) is 40.8 Å². The zero-order valence-corrected chi connectivity index (χ0v) is 15.1. The van der Waals surface area contributed by atoms with Gasteiger partial charge in [-0.1, -0.05) is 6.07 Å². The summed E-state index contributed by atoms with van der Waals surface area (Å²) in [6.45, 7) is 1.82. The quantitative estimate of drug-likeness (QED) is 0.625. The number of H-pyrrole nitrogens is 1. The second-order valence-corrected chi connectivity index (χ2v) is 6.82. The van der Waals surface area contributed by atoms with E-state index in [4.69, 9.17) is 10.4 Å². The molecular weight excluding hydrogens is 344 g/mol. The number of aliphatic hydroxyl groups is 2. The minimum atomic E-state index is -0.331. The van der Waals surface area contributed by atoms with Crippen LogP contribution in [0.4, 0.5) is 11.4 Å². The highest BCUT2D eigenvalue weighted by Crippen LogP contribution is 2.32. The Morgan fingerprint density at radius 1 is 1.30 bits per heavy atom. The highest BCUT2D eigenvalue weighted by molar-refractivity contribution is 6.05. The monoisotopic (exact) mass is 368 g/mol. The summed E-state index contributed by atoms with van der Waals surface area (Å²) in [6.07, 6.45) is 4.32. The van der Waals surface area contributed by atoms with E-state index < -0.39 is 0 Å². The molecule has 0 aliphatic carbocycles. The molecule has 0 bridgehead atoms. The van der Waals surface area contributed by atoms with E-state index in [2.05, 4.69) is 15.2 Å². The van der Waals surface area contributed by atoms with Gasteiger partial charge in [0.15, 0.2) is 0 Å². The van der Waals surface area contributed by atoms with E-state index in [1.54, 1.807) is 6.07 Å². The predicted molar refractivity (Wildman–Crippen MR) is 102 cm³/mol. The first-order valence-corrected chi connectivity index (χ1v) is 9.14. The molecular formula is C20H24N4O3. The summed E-state index contributed by atoms with van der Waals surface area (Å²) in [5, 5.41) is 30.4. The van der Waals surface area contributed by atoms with Crippen molar-refractivity contribution in [1.29, 1.82) is 5.26 Å². The van der Waals surface area contributed by atoms with Gasteiger partial charge in [-0.15, -0.1) is 0 Å². The number of rotatable bonds is 6. The van der Waals surface area contributed by atoms with Gasteiger partial charge in [0, 0.05) is 25.9 Å². The molecule has 7 heteroatoms. The van der Waals surface area contributed by atoms with Crippen LogP contribution in [0.25, 0.3) is 0 Å². The third kappa shape index (κ3) is 4.48. The van der Waals surface area contributed by atoms with Crippen LogP contribution in [0.5, 0.6) is 0 Å². The number of nitrogens with one attached hydrogen (secondary N) is 2. The van der Waals surface area contributed by atoms with E-state index >= 15 is 0 Å². The van der Waals surface area contributed by atoms with Crippen LogP contribution >= 0.6 is 0 Å². The lowest BCUT2D eigenvalue weighted by Crippen LogP contribution is -2.34. The third-order valence-electron chi connectivity index (χ3n) is 5.04. The van der Waals surface area contributed by atoms with Crippen molar-refractivity contribution in [3.8, 4) is 6.07 Å². The number of hydrogen-bond donors (Lipinski definition) is 4. The second-order valence-electron chi connectivity index (χ2n) is 6.82. The molecule has 1 aliphatic rings. The maximum Gasteiger partial charge on any atom is 0.272 e. The second kappa shape index (κ2) is 8.71. The maximum atomic E-state index is 12.6. The summed E-state index contributed by atoms with van der Waals surface area (Å²) in [7, 11) is 0. The largest absolute Gasteiger partial charge is 0.396 e. The molecule has 1 saturated heterocycles. The first-order valence-electron chi connectivity index (χ1n) is 9.14. The number of nitrogens with zero attached hydrogens (tertiary/aromatic N) is 2. The normalized spacial score (nSPS) is 14.8. The van der Waals surface area contributed by atoms with Crippen molar-refractivity contribution in [2.24, 2.45) is 5.92 Å². The van der Waals surface area contributed by atoms with Gasteiger partial charge in [-0.25, -0.2) is 0 Å². The smallest absolute Gasteiger partial charge is 0.272 e. The van der Waals surface area contributed by atoms with E-state index in [0.717, 1.165) is 38.0 Å². The molecule has 0 spiro atoms. The number of aliphatic hydroxyl groups excluding tert-OH is 2. The van der Waals surface area contributed by atoms with E-state index in [1.807, 2.05) is 18.2 Å². The van der Waals surface area contributed by atoms with Crippen molar-refractivity contribution in [2.75, 3.05) is 29.9 Å². The molecule has 2 heterocycles. The summed E-state index contributed by atoms with van der Waals surface area (Å²) in [5.74, 6) is 0.201. The van der Waals surface area contributed by atoms with E-state index in [-0.39, 0.29) is 19.1 Å². The molecule has 1 amide bonds. The molecule has 142 valence electrons. The van der Waals surface area contributed by atoms with Gasteiger partial charge in [-0.3, -0.25) is 4.79 Å². The van der Waals surface area contributed by atoms with E-state index in [1.165, 1.54) is 12.3 Å². The SMILES string of the molecule is N#Cc1c[nH]c(C(=O)Nc2cc(CO)ccc2N2CCC(CCO)CC2)c1. The molecule has 1 aromatic heterocycles. The van der Waals surface area contributed by atoms with Gasteiger partial charge in [0.25, 0.3) is 5.91 Å². The standard InChI is InChI=1S/C20H24N4O3/c21-11-16-10-18(22-12-16)20(27)23-17-9-15(13-26)1-2-19(17)24-6-3-14(4-7-24)5-8-25/h1-2,9-10,12,14,22,25-26H,3-8,13H2,(H,23,27). The number of nitriles is 1. The number of aromatic nitrogens is 1. The lowest BCUT2D eigenvalue weighted by atomic mass is 9.93. The number of amides is 1. The van der Waals surface area contributed by atoms with Gasteiger partial charge in [0.2, 0.25) is 0 Å². The molecule has 0 radical (unpaired) electrons. The minimum Gasteiger partial charge on any atom is -0.396 e. The Morgan fingerprint density at radius 3 is 2.70 bits per heavy atom. The minimum absolute atomic E-state index is 0.108. The van der Waals surface area contributed by atoms with Gasteiger partial charge < -0.3 is 25.4 Å². The van der Waals surface area contributed by atoms with Crippen molar-refractivity contribution in [2.45, 2.75) is 25.9 Å². The maximum absolute atomic E-state index is 12.6. The molecule has 4 N–H and O–H groups in total.